The lowest BCUT2D eigenvalue weighted by Crippen LogP contribution is -2.51. The van der Waals surface area contributed by atoms with Crippen LogP contribution >= 0.6 is 0 Å². The summed E-state index contributed by atoms with van der Waals surface area (Å²) >= 11 is 0. The van der Waals surface area contributed by atoms with Gasteiger partial charge in [-0.15, -0.1) is 0 Å². The van der Waals surface area contributed by atoms with E-state index in [0.717, 1.165) is 25.9 Å². The highest BCUT2D eigenvalue weighted by Gasteiger charge is 2.52. The summed E-state index contributed by atoms with van der Waals surface area (Å²) < 4.78 is 5.46. The molecule has 0 aromatic heterocycles. The van der Waals surface area contributed by atoms with Gasteiger partial charge in [-0.1, -0.05) is 91.0 Å². The smallest absolute Gasteiger partial charge is 0.414 e. The molecule has 2 unspecified atom stereocenters. The number of rotatable bonds is 9. The van der Waals surface area contributed by atoms with E-state index in [-0.39, 0.29) is 6.61 Å². The minimum atomic E-state index is -2.57. The number of aliphatic hydroxyl groups is 3. The first-order valence-electron chi connectivity index (χ1n) is 13.2. The van der Waals surface area contributed by atoms with Gasteiger partial charge in [0.15, 0.2) is 0 Å². The van der Waals surface area contributed by atoms with Crippen LogP contribution in [0.4, 0.5) is 0 Å². The molecular weight excluding hydrogens is 530 g/mol. The third-order valence-corrected chi connectivity index (χ3v) is 7.07. The number of aliphatic carboxylic acids is 2. The first-order valence-corrected chi connectivity index (χ1v) is 13.2. The van der Waals surface area contributed by atoms with Crippen LogP contribution in [0.3, 0.4) is 0 Å². The summed E-state index contributed by atoms with van der Waals surface area (Å²) in [6, 6.07) is 27.2. The van der Waals surface area contributed by atoms with Crippen LogP contribution in [0.5, 0.6) is 0 Å². The van der Waals surface area contributed by atoms with Crippen LogP contribution in [-0.4, -0.2) is 80.2 Å². The number of carbonyl (C=O) groups is 3. The Kier molecular flexibility index (Phi) is 11.5. The van der Waals surface area contributed by atoms with Gasteiger partial charge in [-0.05, 0) is 48.5 Å². The number of esters is 1. The number of carboxylic acids is 2. The number of benzene rings is 3. The molecule has 0 spiro atoms. The summed E-state index contributed by atoms with van der Waals surface area (Å²) in [6.45, 7) is 2.35. The van der Waals surface area contributed by atoms with Crippen molar-refractivity contribution >= 4 is 17.9 Å². The first kappa shape index (κ1) is 31.4. The Morgan fingerprint density at radius 3 is 1.59 bits per heavy atom. The molecular formula is C31H35NO9. The summed E-state index contributed by atoms with van der Waals surface area (Å²) in [6.07, 6.45) is -1.29. The Morgan fingerprint density at radius 2 is 1.17 bits per heavy atom. The van der Waals surface area contributed by atoms with E-state index < -0.39 is 35.7 Å². The number of aliphatic hydroxyl groups excluding tert-OH is 2. The minimum absolute atomic E-state index is 0.0557. The van der Waals surface area contributed by atoms with Crippen molar-refractivity contribution in [2.75, 3.05) is 26.2 Å². The van der Waals surface area contributed by atoms with E-state index in [1.165, 1.54) is 5.56 Å². The number of carbonyl (C=O) groups excluding carboxylic acids is 1. The van der Waals surface area contributed by atoms with Gasteiger partial charge in [0.1, 0.15) is 18.8 Å². The van der Waals surface area contributed by atoms with Gasteiger partial charge in [-0.3, -0.25) is 4.90 Å². The largest absolute Gasteiger partial charge is 0.473 e. The summed E-state index contributed by atoms with van der Waals surface area (Å²) in [4.78, 5) is 33.6. The predicted molar refractivity (Wildman–Crippen MR) is 149 cm³/mol. The Bertz CT molecular complexity index is 1190. The van der Waals surface area contributed by atoms with Gasteiger partial charge in [-0.25, -0.2) is 14.4 Å². The van der Waals surface area contributed by atoms with Crippen LogP contribution in [0.2, 0.25) is 0 Å². The van der Waals surface area contributed by atoms with E-state index in [1.54, 1.807) is 60.7 Å². The number of likely N-dealkylation sites (tertiary alicyclic amines) is 1. The maximum atomic E-state index is 13.2. The van der Waals surface area contributed by atoms with E-state index in [9.17, 15) is 20.1 Å². The lowest BCUT2D eigenvalue weighted by molar-refractivity contribution is -0.200. The molecule has 0 bridgehead atoms. The van der Waals surface area contributed by atoms with Crippen molar-refractivity contribution < 1.29 is 44.7 Å². The molecule has 0 aliphatic carbocycles. The third kappa shape index (κ3) is 8.45. The topological polar surface area (TPSA) is 165 Å². The maximum absolute atomic E-state index is 13.2. The van der Waals surface area contributed by atoms with Crippen molar-refractivity contribution in [3.63, 3.8) is 0 Å². The van der Waals surface area contributed by atoms with Gasteiger partial charge in [0.25, 0.3) is 0 Å². The average molecular weight is 566 g/mol. The van der Waals surface area contributed by atoms with E-state index in [4.69, 9.17) is 24.5 Å². The summed E-state index contributed by atoms with van der Waals surface area (Å²) in [7, 11) is 0. The second-order valence-corrected chi connectivity index (χ2v) is 9.72. The van der Waals surface area contributed by atoms with E-state index >= 15 is 0 Å². The van der Waals surface area contributed by atoms with Crippen LogP contribution in [-0.2, 0) is 19.1 Å². The number of hydrogen-bond acceptors (Lipinski definition) is 8. The zero-order chi connectivity index (χ0) is 29.8. The molecule has 3 aromatic carbocycles. The maximum Gasteiger partial charge on any atom is 0.414 e. The minimum Gasteiger partial charge on any atom is -0.473 e. The molecule has 4 rings (SSSR count). The Balaban J connectivity index is 0.000000696. The molecule has 41 heavy (non-hydrogen) atoms. The number of ether oxygens (including phenoxy) is 1. The fourth-order valence-electron chi connectivity index (χ4n) is 4.75. The lowest BCUT2D eigenvalue weighted by Gasteiger charge is -2.36. The molecule has 3 aromatic rings. The Hall–Kier alpha value is -4.09. The standard InChI is InChI=1S/C29H33NO5.C2H2O4/c31-26(24-12-6-2-7-13-24)29(34,27(32)25-14-8-3-9-15-25)28(33)35-21-20-30-18-16-23(17-19-30)22-10-4-1-5-11-22;3-1(4)2(5)6/h1-15,23,26-27,31-32,34H,16-21H2;(H,3,4)(H,5,6). The molecule has 10 heteroatoms. The predicted octanol–water partition coefficient (Wildman–Crippen LogP) is 2.76. The number of carboxylic acid groups (broad SMARTS) is 2. The molecule has 1 heterocycles. The van der Waals surface area contributed by atoms with E-state index in [0.29, 0.717) is 23.6 Å². The highest BCUT2D eigenvalue weighted by Crippen LogP contribution is 2.38. The van der Waals surface area contributed by atoms with Crippen molar-refractivity contribution in [3.05, 3.63) is 108 Å². The zero-order valence-electron chi connectivity index (χ0n) is 22.5. The van der Waals surface area contributed by atoms with Gasteiger partial charge in [0.05, 0.1) is 0 Å². The van der Waals surface area contributed by atoms with Gasteiger partial charge in [0.2, 0.25) is 5.60 Å². The van der Waals surface area contributed by atoms with Crippen molar-refractivity contribution in [1.82, 2.24) is 4.90 Å². The highest BCUT2D eigenvalue weighted by atomic mass is 16.6. The van der Waals surface area contributed by atoms with Crippen LogP contribution in [0.25, 0.3) is 0 Å². The van der Waals surface area contributed by atoms with Crippen molar-refractivity contribution in [2.24, 2.45) is 0 Å². The van der Waals surface area contributed by atoms with Gasteiger partial charge in [-0.2, -0.15) is 0 Å². The van der Waals surface area contributed by atoms with Gasteiger partial charge >= 0.3 is 17.9 Å². The van der Waals surface area contributed by atoms with Crippen molar-refractivity contribution in [3.8, 4) is 0 Å². The molecule has 1 aliphatic heterocycles. The van der Waals surface area contributed by atoms with Crippen LogP contribution in [0.15, 0.2) is 91.0 Å². The van der Waals surface area contributed by atoms with Gasteiger partial charge < -0.3 is 30.3 Å². The molecule has 10 nitrogen and oxygen atoms in total. The normalized spacial score (nSPS) is 16.8. The quantitative estimate of drug-likeness (QED) is 0.192. The van der Waals surface area contributed by atoms with E-state index in [2.05, 4.69) is 29.2 Å². The van der Waals surface area contributed by atoms with Gasteiger partial charge in [0, 0.05) is 6.54 Å². The molecule has 1 aliphatic rings. The molecule has 0 radical (unpaired) electrons. The zero-order valence-corrected chi connectivity index (χ0v) is 22.5. The molecule has 5 N–H and O–H groups in total. The molecule has 0 amide bonds. The number of hydrogen-bond donors (Lipinski definition) is 5. The Labute approximate surface area is 238 Å². The van der Waals surface area contributed by atoms with Crippen molar-refractivity contribution in [1.29, 1.82) is 0 Å². The molecule has 2 atom stereocenters. The SMILES string of the molecule is O=C(O)C(=O)O.O=C(OCCN1CCC(c2ccccc2)CC1)C(O)(C(O)c1ccccc1)C(O)c1ccccc1. The molecule has 218 valence electrons. The highest BCUT2D eigenvalue weighted by molar-refractivity contribution is 6.27. The summed E-state index contributed by atoms with van der Waals surface area (Å²) in [5.41, 5.74) is -0.591. The second-order valence-electron chi connectivity index (χ2n) is 9.72. The number of piperidine rings is 1. The fourth-order valence-corrected chi connectivity index (χ4v) is 4.75. The van der Waals surface area contributed by atoms with E-state index in [1.807, 2.05) is 6.07 Å². The molecule has 0 saturated carbocycles. The molecule has 1 saturated heterocycles. The van der Waals surface area contributed by atoms with Crippen LogP contribution in [0.1, 0.15) is 47.7 Å². The lowest BCUT2D eigenvalue weighted by atomic mass is 9.82. The third-order valence-electron chi connectivity index (χ3n) is 7.07. The van der Waals surface area contributed by atoms with Crippen molar-refractivity contribution in [2.45, 2.75) is 36.6 Å². The Morgan fingerprint density at radius 1 is 0.756 bits per heavy atom. The molecule has 1 fully saturated rings. The van der Waals surface area contributed by atoms with Crippen LogP contribution < -0.4 is 0 Å². The monoisotopic (exact) mass is 565 g/mol. The van der Waals surface area contributed by atoms with Crippen LogP contribution in [0, 0.1) is 0 Å². The summed E-state index contributed by atoms with van der Waals surface area (Å²) in [5, 5.41) is 48.2. The number of nitrogens with zero attached hydrogens (tertiary/aromatic N) is 1. The first-order chi connectivity index (χ1) is 19.6. The fraction of sp³-hybridized carbons (Fsp3) is 0.323. The second kappa shape index (κ2) is 15.1. The average Bonchev–Trinajstić information content (AvgIpc) is 3.01. The summed E-state index contributed by atoms with van der Waals surface area (Å²) in [5.74, 6) is -4.17.